The number of ketones is 1. The molecule has 0 bridgehead atoms. The van der Waals surface area contributed by atoms with Gasteiger partial charge in [-0.25, -0.2) is 0 Å². The maximum absolute atomic E-state index is 10.9. The Hall–Kier alpha value is -0.790. The first-order valence-corrected chi connectivity index (χ1v) is 6.34. The topological polar surface area (TPSA) is 20.3 Å². The molecule has 0 aliphatic carbocycles. The standard InChI is InChI=1S/C14H27NO/c1-6-15(7-2)12-11-14(4,5)10-8-9-13(3)16/h11-12H,6-10H2,1-5H3/b12-11+. The van der Waals surface area contributed by atoms with Gasteiger partial charge in [-0.05, 0) is 45.2 Å². The number of allylic oxidation sites excluding steroid dienone is 1. The van der Waals surface area contributed by atoms with Crippen LogP contribution in [0.1, 0.15) is 53.9 Å². The zero-order valence-corrected chi connectivity index (χ0v) is 11.5. The first kappa shape index (κ1) is 15.2. The molecule has 0 aromatic heterocycles. The predicted molar refractivity (Wildman–Crippen MR) is 70.4 cm³/mol. The number of Topliss-reactive ketones (excluding diaryl/α,β-unsaturated/α-hetero) is 1. The number of carbonyl (C=O) groups is 1. The fourth-order valence-corrected chi connectivity index (χ4v) is 1.62. The van der Waals surface area contributed by atoms with Gasteiger partial charge < -0.3 is 9.69 Å². The minimum Gasteiger partial charge on any atom is -0.378 e. The third-order valence-corrected chi connectivity index (χ3v) is 2.90. The Balaban J connectivity index is 4.06. The second-order valence-electron chi connectivity index (χ2n) is 5.08. The van der Waals surface area contributed by atoms with Crippen LogP contribution in [0.2, 0.25) is 0 Å². The molecule has 0 aliphatic rings. The molecule has 2 nitrogen and oxygen atoms in total. The molecule has 2 heteroatoms. The summed E-state index contributed by atoms with van der Waals surface area (Å²) < 4.78 is 0. The van der Waals surface area contributed by atoms with Crippen LogP contribution in [-0.4, -0.2) is 23.8 Å². The lowest BCUT2D eigenvalue weighted by atomic mass is 9.87. The lowest BCUT2D eigenvalue weighted by Crippen LogP contribution is -2.17. The van der Waals surface area contributed by atoms with E-state index in [0.29, 0.717) is 12.2 Å². The van der Waals surface area contributed by atoms with Crippen LogP contribution in [0.4, 0.5) is 0 Å². The summed E-state index contributed by atoms with van der Waals surface area (Å²) in [6, 6.07) is 0. The molecule has 0 aromatic rings. The molecule has 16 heavy (non-hydrogen) atoms. The number of nitrogens with zero attached hydrogens (tertiary/aromatic N) is 1. The average molecular weight is 225 g/mol. The lowest BCUT2D eigenvalue weighted by Gasteiger charge is -2.22. The summed E-state index contributed by atoms with van der Waals surface area (Å²) in [6.45, 7) is 12.6. The summed E-state index contributed by atoms with van der Waals surface area (Å²) >= 11 is 0. The largest absolute Gasteiger partial charge is 0.378 e. The zero-order chi connectivity index (χ0) is 12.6. The Morgan fingerprint density at radius 1 is 1.25 bits per heavy atom. The number of rotatable bonds is 8. The smallest absolute Gasteiger partial charge is 0.129 e. The van der Waals surface area contributed by atoms with Gasteiger partial charge in [-0.15, -0.1) is 0 Å². The van der Waals surface area contributed by atoms with Crippen LogP contribution in [-0.2, 0) is 4.79 Å². The molecular weight excluding hydrogens is 198 g/mol. The first-order chi connectivity index (χ1) is 7.41. The van der Waals surface area contributed by atoms with Crippen molar-refractivity contribution in [1.29, 1.82) is 0 Å². The van der Waals surface area contributed by atoms with E-state index in [1.54, 1.807) is 6.92 Å². The van der Waals surface area contributed by atoms with Gasteiger partial charge in [0.1, 0.15) is 5.78 Å². The van der Waals surface area contributed by atoms with E-state index in [2.05, 4.69) is 44.9 Å². The van der Waals surface area contributed by atoms with Crippen molar-refractivity contribution < 1.29 is 4.79 Å². The second-order valence-corrected chi connectivity index (χ2v) is 5.08. The van der Waals surface area contributed by atoms with Gasteiger partial charge in [0, 0.05) is 19.5 Å². The van der Waals surface area contributed by atoms with Crippen LogP contribution in [0, 0.1) is 5.41 Å². The fraction of sp³-hybridized carbons (Fsp3) is 0.786. The Morgan fingerprint density at radius 2 is 1.81 bits per heavy atom. The monoisotopic (exact) mass is 225 g/mol. The van der Waals surface area contributed by atoms with Gasteiger partial charge >= 0.3 is 0 Å². The summed E-state index contributed by atoms with van der Waals surface area (Å²) in [7, 11) is 0. The Labute approximate surface area is 101 Å². The minimum absolute atomic E-state index is 0.192. The van der Waals surface area contributed by atoms with Crippen LogP contribution in [0.3, 0.4) is 0 Å². The van der Waals surface area contributed by atoms with Crippen molar-refractivity contribution in [3.05, 3.63) is 12.3 Å². The van der Waals surface area contributed by atoms with E-state index in [0.717, 1.165) is 25.9 Å². The molecule has 0 spiro atoms. The molecule has 0 radical (unpaired) electrons. The highest BCUT2D eigenvalue weighted by Gasteiger charge is 2.13. The molecule has 0 aromatic carbocycles. The molecule has 0 N–H and O–H groups in total. The SMILES string of the molecule is CCN(/C=C/C(C)(C)CCCC(C)=O)CC. The van der Waals surface area contributed by atoms with Crippen LogP contribution in [0.25, 0.3) is 0 Å². The molecule has 0 amide bonds. The summed E-state index contributed by atoms with van der Waals surface area (Å²) in [5.41, 5.74) is 0.192. The van der Waals surface area contributed by atoms with Crippen molar-refractivity contribution in [1.82, 2.24) is 4.90 Å². The summed E-state index contributed by atoms with van der Waals surface area (Å²) in [4.78, 5) is 13.1. The molecule has 0 saturated heterocycles. The third kappa shape index (κ3) is 7.49. The molecule has 0 saturated carbocycles. The van der Waals surface area contributed by atoms with Crippen molar-refractivity contribution in [3.63, 3.8) is 0 Å². The van der Waals surface area contributed by atoms with E-state index in [4.69, 9.17) is 0 Å². The van der Waals surface area contributed by atoms with E-state index in [-0.39, 0.29) is 5.41 Å². The Kier molecular flexibility index (Phi) is 7.11. The maximum Gasteiger partial charge on any atom is 0.129 e. The second kappa shape index (κ2) is 7.48. The van der Waals surface area contributed by atoms with Gasteiger partial charge in [0.25, 0.3) is 0 Å². The van der Waals surface area contributed by atoms with Crippen LogP contribution in [0.15, 0.2) is 12.3 Å². The van der Waals surface area contributed by atoms with E-state index >= 15 is 0 Å². The number of hydrogen-bond donors (Lipinski definition) is 0. The summed E-state index contributed by atoms with van der Waals surface area (Å²) in [5.74, 6) is 0.295. The molecule has 94 valence electrons. The highest BCUT2D eigenvalue weighted by atomic mass is 16.1. The fourth-order valence-electron chi connectivity index (χ4n) is 1.62. The van der Waals surface area contributed by atoms with E-state index in [9.17, 15) is 4.79 Å². The predicted octanol–water partition coefficient (Wildman–Crippen LogP) is 3.63. The Morgan fingerprint density at radius 3 is 2.25 bits per heavy atom. The van der Waals surface area contributed by atoms with E-state index in [1.807, 2.05) is 0 Å². The van der Waals surface area contributed by atoms with Gasteiger partial charge in [0.2, 0.25) is 0 Å². The number of carbonyl (C=O) groups excluding carboxylic acids is 1. The van der Waals surface area contributed by atoms with Crippen LogP contribution in [0.5, 0.6) is 0 Å². The lowest BCUT2D eigenvalue weighted by molar-refractivity contribution is -0.117. The normalized spacial score (nSPS) is 12.1. The van der Waals surface area contributed by atoms with Gasteiger partial charge in [-0.2, -0.15) is 0 Å². The Bertz CT molecular complexity index is 227. The zero-order valence-electron chi connectivity index (χ0n) is 11.5. The first-order valence-electron chi connectivity index (χ1n) is 6.34. The highest BCUT2D eigenvalue weighted by Crippen LogP contribution is 2.25. The molecule has 0 heterocycles. The maximum atomic E-state index is 10.9. The van der Waals surface area contributed by atoms with Crippen molar-refractivity contribution in [2.45, 2.75) is 53.9 Å². The molecule has 0 unspecified atom stereocenters. The number of hydrogen-bond acceptors (Lipinski definition) is 2. The van der Waals surface area contributed by atoms with E-state index < -0.39 is 0 Å². The van der Waals surface area contributed by atoms with Gasteiger partial charge in [0.05, 0.1) is 0 Å². The van der Waals surface area contributed by atoms with Crippen molar-refractivity contribution >= 4 is 5.78 Å². The van der Waals surface area contributed by atoms with Gasteiger partial charge in [-0.3, -0.25) is 0 Å². The van der Waals surface area contributed by atoms with Crippen molar-refractivity contribution in [2.75, 3.05) is 13.1 Å². The van der Waals surface area contributed by atoms with Gasteiger partial charge in [-0.1, -0.05) is 19.9 Å². The van der Waals surface area contributed by atoms with Crippen molar-refractivity contribution in [3.8, 4) is 0 Å². The molecule has 0 rings (SSSR count). The van der Waals surface area contributed by atoms with Crippen LogP contribution < -0.4 is 0 Å². The molecule has 0 fully saturated rings. The molecular formula is C14H27NO. The highest BCUT2D eigenvalue weighted by molar-refractivity contribution is 5.75. The van der Waals surface area contributed by atoms with E-state index in [1.165, 1.54) is 0 Å². The van der Waals surface area contributed by atoms with Gasteiger partial charge in [0.15, 0.2) is 0 Å². The quantitative estimate of drug-likeness (QED) is 0.628. The minimum atomic E-state index is 0.192. The summed E-state index contributed by atoms with van der Waals surface area (Å²) in [5, 5.41) is 0. The van der Waals surface area contributed by atoms with Crippen LogP contribution >= 0.6 is 0 Å². The molecule has 0 atom stereocenters. The summed E-state index contributed by atoms with van der Waals surface area (Å²) in [6.07, 6.45) is 7.23. The van der Waals surface area contributed by atoms with Crippen molar-refractivity contribution in [2.24, 2.45) is 5.41 Å². The third-order valence-electron chi connectivity index (χ3n) is 2.90. The average Bonchev–Trinajstić information content (AvgIpc) is 2.18. The molecule has 0 aliphatic heterocycles.